The fourth-order valence-electron chi connectivity index (χ4n) is 4.43. The Labute approximate surface area is 164 Å². The van der Waals surface area contributed by atoms with E-state index in [1.165, 1.54) is 0 Å². The molecule has 0 unspecified atom stereocenters. The maximum Gasteiger partial charge on any atom is 0.376 e. The van der Waals surface area contributed by atoms with Crippen molar-refractivity contribution in [2.75, 3.05) is 0 Å². The third-order valence-corrected chi connectivity index (χ3v) is 6.56. The predicted octanol–water partition coefficient (Wildman–Crippen LogP) is 4.43. The molecule has 1 heterocycles. The van der Waals surface area contributed by atoms with E-state index in [-0.39, 0.29) is 0 Å². The SMILES string of the molecule is C[Si](C)(C)O[C@@]1(c2ccccc2)C[C@H]2C(=O)C(=O)O[C@]21c1ccc(Cl)cc1. The van der Waals surface area contributed by atoms with Crippen LogP contribution in [-0.2, 0) is 30.0 Å². The molecule has 27 heavy (non-hydrogen) atoms. The minimum Gasteiger partial charge on any atom is -0.444 e. The van der Waals surface area contributed by atoms with Crippen molar-refractivity contribution in [1.29, 1.82) is 0 Å². The number of ketones is 1. The lowest BCUT2D eigenvalue weighted by molar-refractivity contribution is -0.248. The normalized spacial score (nSPS) is 29.9. The highest BCUT2D eigenvalue weighted by molar-refractivity contribution is 6.69. The first-order valence-corrected chi connectivity index (χ1v) is 12.8. The zero-order valence-electron chi connectivity index (χ0n) is 15.5. The van der Waals surface area contributed by atoms with Crippen LogP contribution >= 0.6 is 11.6 Å². The quantitative estimate of drug-likeness (QED) is 0.433. The molecule has 4 nitrogen and oxygen atoms in total. The van der Waals surface area contributed by atoms with Crippen molar-refractivity contribution in [2.24, 2.45) is 5.92 Å². The predicted molar refractivity (Wildman–Crippen MR) is 105 cm³/mol. The van der Waals surface area contributed by atoms with Crippen molar-refractivity contribution in [3.63, 3.8) is 0 Å². The fourth-order valence-corrected chi connectivity index (χ4v) is 5.96. The zero-order valence-corrected chi connectivity index (χ0v) is 17.2. The van der Waals surface area contributed by atoms with Crippen LogP contribution in [-0.4, -0.2) is 20.1 Å². The van der Waals surface area contributed by atoms with E-state index in [2.05, 4.69) is 19.6 Å². The second-order valence-electron chi connectivity index (χ2n) is 8.16. The summed E-state index contributed by atoms with van der Waals surface area (Å²) in [6, 6.07) is 16.9. The first-order valence-electron chi connectivity index (χ1n) is 8.98. The molecule has 0 spiro atoms. The summed E-state index contributed by atoms with van der Waals surface area (Å²) in [6.45, 7) is 6.29. The third kappa shape index (κ3) is 2.60. The van der Waals surface area contributed by atoms with Crippen LogP contribution in [0.4, 0.5) is 0 Å². The number of fused-ring (bicyclic) bond motifs is 1. The van der Waals surface area contributed by atoms with Gasteiger partial charge in [-0.2, -0.15) is 0 Å². The highest BCUT2D eigenvalue weighted by atomic mass is 35.5. The van der Waals surface area contributed by atoms with E-state index in [0.29, 0.717) is 11.4 Å². The molecule has 0 radical (unpaired) electrons. The largest absolute Gasteiger partial charge is 0.444 e. The van der Waals surface area contributed by atoms with Gasteiger partial charge in [0.05, 0.1) is 5.92 Å². The molecule has 0 amide bonds. The topological polar surface area (TPSA) is 52.6 Å². The molecule has 6 heteroatoms. The Balaban J connectivity index is 1.96. The van der Waals surface area contributed by atoms with E-state index >= 15 is 0 Å². The fraction of sp³-hybridized carbons (Fsp3) is 0.333. The molecular formula is C21H21ClO4Si. The molecule has 0 bridgehead atoms. The Morgan fingerprint density at radius 2 is 1.63 bits per heavy atom. The van der Waals surface area contributed by atoms with Gasteiger partial charge in [0.15, 0.2) is 13.9 Å². The van der Waals surface area contributed by atoms with Crippen LogP contribution < -0.4 is 0 Å². The van der Waals surface area contributed by atoms with Crippen molar-refractivity contribution in [2.45, 2.75) is 37.3 Å². The minimum atomic E-state index is -2.07. The van der Waals surface area contributed by atoms with Gasteiger partial charge in [0.25, 0.3) is 0 Å². The van der Waals surface area contributed by atoms with Gasteiger partial charge in [0.2, 0.25) is 5.78 Å². The number of Topliss-reactive ketones (excluding diaryl/α,β-unsaturated/α-hetero) is 1. The third-order valence-electron chi connectivity index (χ3n) is 5.35. The van der Waals surface area contributed by atoms with E-state index in [4.69, 9.17) is 20.8 Å². The van der Waals surface area contributed by atoms with Crippen LogP contribution in [0.1, 0.15) is 17.5 Å². The Morgan fingerprint density at radius 1 is 1.00 bits per heavy atom. The molecule has 140 valence electrons. The average Bonchev–Trinajstić information content (AvgIpc) is 2.82. The number of carbonyl (C=O) groups excluding carboxylic acids is 2. The zero-order chi connectivity index (χ0) is 19.4. The highest BCUT2D eigenvalue weighted by Gasteiger charge is 2.78. The summed E-state index contributed by atoms with van der Waals surface area (Å²) in [5, 5.41) is 0.582. The van der Waals surface area contributed by atoms with E-state index in [1.54, 1.807) is 12.1 Å². The number of hydrogen-bond acceptors (Lipinski definition) is 4. The maximum absolute atomic E-state index is 12.6. The number of esters is 1. The van der Waals surface area contributed by atoms with Gasteiger partial charge >= 0.3 is 5.97 Å². The summed E-state index contributed by atoms with van der Waals surface area (Å²) >= 11 is 6.07. The summed E-state index contributed by atoms with van der Waals surface area (Å²) in [4.78, 5) is 24.9. The molecule has 0 aromatic heterocycles. The Bertz CT molecular complexity index is 906. The van der Waals surface area contributed by atoms with Crippen LogP contribution in [0.15, 0.2) is 54.6 Å². The van der Waals surface area contributed by atoms with Gasteiger partial charge in [-0.3, -0.25) is 4.79 Å². The van der Waals surface area contributed by atoms with Gasteiger partial charge in [0, 0.05) is 5.02 Å². The van der Waals surface area contributed by atoms with E-state index in [9.17, 15) is 9.59 Å². The van der Waals surface area contributed by atoms with Crippen LogP contribution in [0.2, 0.25) is 24.7 Å². The van der Waals surface area contributed by atoms with Crippen molar-refractivity contribution in [3.8, 4) is 0 Å². The van der Waals surface area contributed by atoms with Crippen LogP contribution in [0.25, 0.3) is 0 Å². The van der Waals surface area contributed by atoms with Crippen LogP contribution in [0, 0.1) is 5.92 Å². The number of rotatable bonds is 4. The number of hydrogen-bond donors (Lipinski definition) is 0. The molecule has 2 aromatic carbocycles. The second-order valence-corrected chi connectivity index (χ2v) is 13.0. The first kappa shape index (κ1) is 18.4. The first-order chi connectivity index (χ1) is 12.7. The van der Waals surface area contributed by atoms with Crippen molar-refractivity contribution < 1.29 is 18.8 Å². The molecule has 1 saturated heterocycles. The maximum atomic E-state index is 12.6. The molecule has 2 fully saturated rings. The van der Waals surface area contributed by atoms with Gasteiger partial charge in [-0.1, -0.05) is 54.1 Å². The average molecular weight is 401 g/mol. The van der Waals surface area contributed by atoms with E-state index in [0.717, 1.165) is 11.1 Å². The lowest BCUT2D eigenvalue weighted by atomic mass is 9.52. The molecule has 2 aromatic rings. The van der Waals surface area contributed by atoms with Gasteiger partial charge in [0.1, 0.15) is 5.60 Å². The van der Waals surface area contributed by atoms with Crippen LogP contribution in [0.5, 0.6) is 0 Å². The molecule has 3 atom stereocenters. The monoisotopic (exact) mass is 400 g/mol. The smallest absolute Gasteiger partial charge is 0.376 e. The summed E-state index contributed by atoms with van der Waals surface area (Å²) in [5.74, 6) is -1.81. The molecule has 2 aliphatic rings. The van der Waals surface area contributed by atoms with Crippen molar-refractivity contribution >= 4 is 31.7 Å². The molecule has 4 rings (SSSR count). The van der Waals surface area contributed by atoms with Gasteiger partial charge in [-0.25, -0.2) is 4.79 Å². The Kier molecular flexibility index (Phi) is 4.11. The summed E-state index contributed by atoms with van der Waals surface area (Å²) in [5.41, 5.74) is -0.391. The molecule has 0 N–H and O–H groups in total. The lowest BCUT2D eigenvalue weighted by Gasteiger charge is -2.60. The van der Waals surface area contributed by atoms with Gasteiger partial charge < -0.3 is 9.16 Å². The second kappa shape index (κ2) is 6.02. The number of carbonyl (C=O) groups is 2. The highest BCUT2D eigenvalue weighted by Crippen LogP contribution is 2.67. The van der Waals surface area contributed by atoms with E-state index < -0.39 is 37.2 Å². The van der Waals surface area contributed by atoms with E-state index in [1.807, 2.05) is 42.5 Å². The van der Waals surface area contributed by atoms with Gasteiger partial charge in [-0.05, 0) is 49.3 Å². The molecule has 1 saturated carbocycles. The summed E-state index contributed by atoms with van der Waals surface area (Å²) in [7, 11) is -2.07. The standard InChI is InChI=1S/C21H21ClO4Si/c1-27(2,3)26-20(14-7-5-4-6-8-14)13-17-18(23)19(24)25-21(17,20)15-9-11-16(22)12-10-15/h4-12,17H,13H2,1-3H3/t17-,20+,21+/m0/s1. The molecule has 1 aliphatic carbocycles. The van der Waals surface area contributed by atoms with Crippen LogP contribution in [0.3, 0.4) is 0 Å². The summed E-state index contributed by atoms with van der Waals surface area (Å²) < 4.78 is 12.6. The number of benzene rings is 2. The van der Waals surface area contributed by atoms with Crippen molar-refractivity contribution in [3.05, 3.63) is 70.7 Å². The van der Waals surface area contributed by atoms with Crippen molar-refractivity contribution in [1.82, 2.24) is 0 Å². The molecule has 1 aliphatic heterocycles. The number of halogens is 1. The van der Waals surface area contributed by atoms with Gasteiger partial charge in [-0.15, -0.1) is 0 Å². The Morgan fingerprint density at radius 3 is 2.19 bits per heavy atom. The Hall–Kier alpha value is -1.95. The molecular weight excluding hydrogens is 380 g/mol. The minimum absolute atomic E-state index is 0.425. The summed E-state index contributed by atoms with van der Waals surface area (Å²) in [6.07, 6.45) is 0.425. The number of ether oxygens (including phenoxy) is 1. The lowest BCUT2D eigenvalue weighted by Crippen LogP contribution is -2.67.